The van der Waals surface area contributed by atoms with E-state index in [0.717, 1.165) is 60.2 Å². The first kappa shape index (κ1) is 32.3. The first-order valence-corrected chi connectivity index (χ1v) is 18.4. The quantitative estimate of drug-likeness (QED) is 0.259. The highest BCUT2D eigenvalue weighted by Crippen LogP contribution is 2.57. The summed E-state index contributed by atoms with van der Waals surface area (Å²) in [6.45, 7) is 16.0. The summed E-state index contributed by atoms with van der Waals surface area (Å²) in [6, 6.07) is 2.36. The van der Waals surface area contributed by atoms with E-state index in [1.54, 1.807) is 0 Å². The number of ether oxygens (including phenoxy) is 1. The van der Waals surface area contributed by atoms with Crippen LogP contribution in [0.3, 0.4) is 0 Å². The van der Waals surface area contributed by atoms with E-state index >= 15 is 4.39 Å². The molecule has 1 saturated carbocycles. The molecule has 4 nitrogen and oxygen atoms in total. The van der Waals surface area contributed by atoms with Crippen LogP contribution in [-0.2, 0) is 21.8 Å². The number of nitrogens with zero attached hydrogens (tertiary/aromatic N) is 1. The van der Waals surface area contributed by atoms with Gasteiger partial charge in [-0.05, 0) is 84.8 Å². The second kappa shape index (κ2) is 11.4. The molecule has 1 N–H and O–H groups in total. The van der Waals surface area contributed by atoms with Crippen molar-refractivity contribution in [3.8, 4) is 0 Å². The van der Waals surface area contributed by atoms with Crippen molar-refractivity contribution in [2.24, 2.45) is 5.41 Å². The molecule has 9 heteroatoms. The molecule has 2 aliphatic carbocycles. The van der Waals surface area contributed by atoms with E-state index in [0.29, 0.717) is 37.0 Å². The molecule has 1 unspecified atom stereocenters. The zero-order valence-corrected chi connectivity index (χ0v) is 27.4. The zero-order valence-electron chi connectivity index (χ0n) is 26.4. The predicted molar refractivity (Wildman–Crippen MR) is 163 cm³/mol. The van der Waals surface area contributed by atoms with E-state index in [1.165, 1.54) is 6.42 Å². The molecule has 236 valence electrons. The summed E-state index contributed by atoms with van der Waals surface area (Å²) in [7, 11) is -2.26. The lowest BCUT2D eigenvalue weighted by atomic mass is 9.59. The third-order valence-electron chi connectivity index (χ3n) is 10.2. The minimum absolute atomic E-state index is 0.0352. The van der Waals surface area contributed by atoms with Crippen LogP contribution in [0.1, 0.15) is 124 Å². The van der Waals surface area contributed by atoms with E-state index in [4.69, 9.17) is 14.1 Å². The topological polar surface area (TPSA) is 51.6 Å². The number of pyridine rings is 1. The van der Waals surface area contributed by atoms with Crippen LogP contribution in [0.4, 0.5) is 17.6 Å². The first-order valence-electron chi connectivity index (χ1n) is 15.5. The van der Waals surface area contributed by atoms with Gasteiger partial charge in [0.25, 0.3) is 0 Å². The molecule has 43 heavy (non-hydrogen) atoms. The van der Waals surface area contributed by atoms with Crippen molar-refractivity contribution in [1.29, 1.82) is 0 Å². The van der Waals surface area contributed by atoms with Gasteiger partial charge in [0, 0.05) is 28.1 Å². The number of hydrogen-bond acceptors (Lipinski definition) is 4. The number of aromatic nitrogens is 1. The van der Waals surface area contributed by atoms with Crippen LogP contribution in [0, 0.1) is 11.2 Å². The Morgan fingerprint density at radius 2 is 1.84 bits per heavy atom. The second-order valence-electron chi connectivity index (χ2n) is 14.6. The molecule has 1 spiro atoms. The van der Waals surface area contributed by atoms with Crippen molar-refractivity contribution in [3.05, 3.63) is 69.3 Å². The molecule has 0 radical (unpaired) electrons. The van der Waals surface area contributed by atoms with Gasteiger partial charge in [-0.2, -0.15) is 13.2 Å². The van der Waals surface area contributed by atoms with E-state index in [9.17, 15) is 18.3 Å². The van der Waals surface area contributed by atoms with Crippen LogP contribution in [0.5, 0.6) is 0 Å². The molecule has 2 aromatic rings. The number of benzene rings is 1. The van der Waals surface area contributed by atoms with E-state index in [2.05, 4.69) is 33.9 Å². The van der Waals surface area contributed by atoms with Gasteiger partial charge in [-0.15, -0.1) is 0 Å². The Bertz CT molecular complexity index is 1410. The van der Waals surface area contributed by atoms with Crippen molar-refractivity contribution >= 4 is 13.9 Å². The molecular formula is C34H45F4NO3Si. The minimum atomic E-state index is -4.69. The summed E-state index contributed by atoms with van der Waals surface area (Å²) in [5.41, 5.74) is 3.70. The highest BCUT2D eigenvalue weighted by atomic mass is 28.4. The molecule has 0 bridgehead atoms. The van der Waals surface area contributed by atoms with Crippen molar-refractivity contribution in [3.63, 3.8) is 0 Å². The van der Waals surface area contributed by atoms with Gasteiger partial charge in [-0.3, -0.25) is 4.98 Å². The third-order valence-corrected chi connectivity index (χ3v) is 14.7. The zero-order chi connectivity index (χ0) is 31.5. The molecule has 3 aliphatic rings. The molecule has 2 atom stereocenters. The van der Waals surface area contributed by atoms with Crippen LogP contribution in [0.2, 0.25) is 18.1 Å². The molecular weight excluding hydrogens is 574 g/mol. The van der Waals surface area contributed by atoms with E-state index in [-0.39, 0.29) is 28.0 Å². The molecule has 5 rings (SSSR count). The second-order valence-corrected chi connectivity index (χ2v) is 19.3. The molecule has 1 aromatic carbocycles. The fourth-order valence-electron chi connectivity index (χ4n) is 6.68. The standard InChI is InChI=1S/C34H45F4NO3Si/c1-20(2)30-29(31(40)23-10-9-22(17-24(23)35)34(36,37)38)27(21-11-15-41-16-12-21)28-25(39-30)18-33(13-8-14-33)19-26(28)42-43(6,7)32(3,4)5/h9-11,17,20,26,31,40H,8,12-16,18-19H2,1-7H3/t26?,31-/m0/s1. The number of aliphatic hydroxyl groups excluding tert-OH is 1. The first-order chi connectivity index (χ1) is 19.9. The van der Waals surface area contributed by atoms with Gasteiger partial charge in [-0.1, -0.05) is 53.2 Å². The predicted octanol–water partition coefficient (Wildman–Crippen LogP) is 9.43. The van der Waals surface area contributed by atoms with Gasteiger partial charge < -0.3 is 14.3 Å². The van der Waals surface area contributed by atoms with Crippen LogP contribution in [0.15, 0.2) is 24.3 Å². The van der Waals surface area contributed by atoms with Crippen molar-refractivity contribution in [2.75, 3.05) is 13.2 Å². The van der Waals surface area contributed by atoms with Crippen molar-refractivity contribution in [2.45, 2.75) is 116 Å². The average Bonchev–Trinajstić information content (AvgIpc) is 2.89. The monoisotopic (exact) mass is 619 g/mol. The van der Waals surface area contributed by atoms with Gasteiger partial charge in [-0.25, -0.2) is 4.39 Å². The lowest BCUT2D eigenvalue weighted by Gasteiger charge is -2.51. The minimum Gasteiger partial charge on any atom is -0.410 e. The highest BCUT2D eigenvalue weighted by molar-refractivity contribution is 6.74. The van der Waals surface area contributed by atoms with E-state index in [1.807, 2.05) is 19.9 Å². The number of aliphatic hydroxyl groups is 1. The summed E-state index contributed by atoms with van der Waals surface area (Å²) in [4.78, 5) is 5.24. The fraction of sp³-hybridized carbons (Fsp3) is 0.618. The summed E-state index contributed by atoms with van der Waals surface area (Å²) in [5, 5.41) is 11.9. The summed E-state index contributed by atoms with van der Waals surface area (Å²) < 4.78 is 68.4. The molecule has 1 aliphatic heterocycles. The molecule has 0 amide bonds. The third kappa shape index (κ3) is 6.11. The lowest BCUT2D eigenvalue weighted by molar-refractivity contribution is -0.137. The number of rotatable bonds is 6. The Hall–Kier alpha value is -2.07. The summed E-state index contributed by atoms with van der Waals surface area (Å²) in [5.74, 6) is -1.21. The Balaban J connectivity index is 1.78. The van der Waals surface area contributed by atoms with Gasteiger partial charge in [0.05, 0.1) is 24.9 Å². The number of fused-ring (bicyclic) bond motifs is 1. The Morgan fingerprint density at radius 1 is 1.14 bits per heavy atom. The van der Waals surface area contributed by atoms with Crippen LogP contribution in [-0.4, -0.2) is 31.6 Å². The summed E-state index contributed by atoms with van der Waals surface area (Å²) >= 11 is 0. The Kier molecular flexibility index (Phi) is 8.55. The highest BCUT2D eigenvalue weighted by Gasteiger charge is 2.49. The van der Waals surface area contributed by atoms with Crippen molar-refractivity contribution < 1.29 is 31.8 Å². The maximum absolute atomic E-state index is 15.4. The van der Waals surface area contributed by atoms with Crippen molar-refractivity contribution in [1.82, 2.24) is 4.98 Å². The van der Waals surface area contributed by atoms with Crippen LogP contribution >= 0.6 is 0 Å². The lowest BCUT2D eigenvalue weighted by Crippen LogP contribution is -2.46. The van der Waals surface area contributed by atoms with Crippen LogP contribution in [0.25, 0.3) is 5.57 Å². The average molecular weight is 620 g/mol. The normalized spacial score (nSPS) is 21.4. The maximum Gasteiger partial charge on any atom is 0.416 e. The largest absolute Gasteiger partial charge is 0.416 e. The van der Waals surface area contributed by atoms with Gasteiger partial charge in [0.1, 0.15) is 11.9 Å². The number of halogens is 4. The molecule has 1 fully saturated rings. The SMILES string of the molecule is CC(C)c1nc2c(c(C3=CCOCC3)c1[C@@H](O)c1ccc(C(F)(F)F)cc1F)C(O[Si](C)(C)C(C)(C)C)CC1(CCC1)C2. The van der Waals surface area contributed by atoms with Gasteiger partial charge in [0.2, 0.25) is 0 Å². The smallest absolute Gasteiger partial charge is 0.410 e. The van der Waals surface area contributed by atoms with Gasteiger partial charge in [0.15, 0.2) is 8.32 Å². The molecule has 0 saturated heterocycles. The fourth-order valence-corrected chi connectivity index (χ4v) is 7.94. The number of hydrogen-bond donors (Lipinski definition) is 1. The van der Waals surface area contributed by atoms with Gasteiger partial charge >= 0.3 is 6.18 Å². The molecule has 2 heterocycles. The Labute approximate surface area is 254 Å². The van der Waals surface area contributed by atoms with E-state index < -0.39 is 32.0 Å². The maximum atomic E-state index is 15.4. The summed E-state index contributed by atoms with van der Waals surface area (Å²) in [6.07, 6.45) is 1.26. The Morgan fingerprint density at radius 3 is 2.35 bits per heavy atom. The number of alkyl halides is 3. The molecule has 1 aromatic heterocycles. The van der Waals surface area contributed by atoms with Crippen LogP contribution < -0.4 is 0 Å².